The highest BCUT2D eigenvalue weighted by molar-refractivity contribution is 5.95. The Bertz CT molecular complexity index is 446. The van der Waals surface area contributed by atoms with Crippen LogP contribution in [0.1, 0.15) is 17.3 Å². The second kappa shape index (κ2) is 4.53. The van der Waals surface area contributed by atoms with Gasteiger partial charge in [-0.25, -0.2) is 4.79 Å². The van der Waals surface area contributed by atoms with Crippen molar-refractivity contribution in [3.8, 4) is 5.75 Å². The number of nitrogens with one attached hydrogen (secondary N) is 1. The van der Waals surface area contributed by atoms with E-state index < -0.39 is 0 Å². The summed E-state index contributed by atoms with van der Waals surface area (Å²) in [6.07, 6.45) is 0. The van der Waals surface area contributed by atoms with Crippen LogP contribution >= 0.6 is 0 Å². The van der Waals surface area contributed by atoms with Crippen molar-refractivity contribution in [2.75, 3.05) is 37.6 Å². The lowest BCUT2D eigenvalue weighted by Gasteiger charge is -2.16. The van der Waals surface area contributed by atoms with E-state index in [4.69, 9.17) is 9.47 Å². The van der Waals surface area contributed by atoms with Crippen LogP contribution in [0.3, 0.4) is 0 Å². The number of benzene rings is 1. The highest BCUT2D eigenvalue weighted by Gasteiger charge is 2.23. The lowest BCUT2D eigenvalue weighted by Crippen LogP contribution is -2.21. The quantitative estimate of drug-likeness (QED) is 0.809. The Morgan fingerprint density at radius 3 is 2.82 bits per heavy atom. The maximum Gasteiger partial charge on any atom is 0.338 e. The highest BCUT2D eigenvalue weighted by Crippen LogP contribution is 2.40. The van der Waals surface area contributed by atoms with Gasteiger partial charge < -0.3 is 19.7 Å². The van der Waals surface area contributed by atoms with Crippen molar-refractivity contribution in [3.63, 3.8) is 0 Å². The minimum Gasteiger partial charge on any atom is -0.494 e. The molecule has 2 rings (SSSR count). The number of nitrogens with zero attached hydrogens (tertiary/aromatic N) is 1. The molecule has 0 atom stereocenters. The van der Waals surface area contributed by atoms with E-state index in [-0.39, 0.29) is 5.97 Å². The average molecular weight is 236 g/mol. The van der Waals surface area contributed by atoms with Gasteiger partial charge in [0.05, 0.1) is 32.1 Å². The van der Waals surface area contributed by atoms with Gasteiger partial charge in [0.15, 0.2) is 0 Å². The number of anilines is 2. The molecule has 0 spiro atoms. The molecule has 0 bridgehead atoms. The number of fused-ring (bicyclic) bond motifs is 1. The maximum atomic E-state index is 11.6. The van der Waals surface area contributed by atoms with E-state index in [1.54, 1.807) is 13.2 Å². The Balaban J connectivity index is 2.50. The molecule has 0 aromatic heterocycles. The number of hydrogen-bond acceptors (Lipinski definition) is 5. The van der Waals surface area contributed by atoms with Gasteiger partial charge >= 0.3 is 5.97 Å². The summed E-state index contributed by atoms with van der Waals surface area (Å²) in [5, 5.41) is 3.25. The lowest BCUT2D eigenvalue weighted by atomic mass is 10.1. The summed E-state index contributed by atoms with van der Waals surface area (Å²) < 4.78 is 10.0. The third-order valence-corrected chi connectivity index (χ3v) is 2.89. The molecule has 0 radical (unpaired) electrons. The van der Waals surface area contributed by atoms with Gasteiger partial charge in [-0.2, -0.15) is 0 Å². The number of esters is 1. The largest absolute Gasteiger partial charge is 0.494 e. The zero-order chi connectivity index (χ0) is 12.4. The Kier molecular flexibility index (Phi) is 3.08. The fourth-order valence-electron chi connectivity index (χ4n) is 1.97. The normalized spacial score (nSPS) is 13.0. The van der Waals surface area contributed by atoms with E-state index in [2.05, 4.69) is 17.1 Å². The molecule has 1 aliphatic heterocycles. The summed E-state index contributed by atoms with van der Waals surface area (Å²) in [4.78, 5) is 13.7. The monoisotopic (exact) mass is 236 g/mol. The predicted molar refractivity (Wildman–Crippen MR) is 65.8 cm³/mol. The number of ether oxygens (including phenoxy) is 2. The van der Waals surface area contributed by atoms with Crippen LogP contribution < -0.4 is 15.0 Å². The van der Waals surface area contributed by atoms with E-state index in [0.29, 0.717) is 11.3 Å². The highest BCUT2D eigenvalue weighted by atomic mass is 16.5. The van der Waals surface area contributed by atoms with Crippen LogP contribution in [0.25, 0.3) is 0 Å². The Hall–Kier alpha value is -1.91. The molecule has 5 heteroatoms. The minimum absolute atomic E-state index is 0.353. The van der Waals surface area contributed by atoms with Gasteiger partial charge in [0, 0.05) is 6.54 Å². The van der Waals surface area contributed by atoms with E-state index in [0.717, 1.165) is 24.6 Å². The van der Waals surface area contributed by atoms with Crippen LogP contribution in [0.5, 0.6) is 5.75 Å². The zero-order valence-electron chi connectivity index (χ0n) is 10.2. The van der Waals surface area contributed by atoms with Crippen molar-refractivity contribution >= 4 is 17.3 Å². The van der Waals surface area contributed by atoms with Crippen molar-refractivity contribution in [2.24, 2.45) is 0 Å². The van der Waals surface area contributed by atoms with E-state index in [9.17, 15) is 4.79 Å². The van der Waals surface area contributed by atoms with Gasteiger partial charge in [0.25, 0.3) is 0 Å². The molecular weight excluding hydrogens is 220 g/mol. The summed E-state index contributed by atoms with van der Waals surface area (Å²) in [7, 11) is 2.96. The third-order valence-electron chi connectivity index (χ3n) is 2.89. The van der Waals surface area contributed by atoms with Gasteiger partial charge in [-0.15, -0.1) is 0 Å². The van der Waals surface area contributed by atoms with Crippen LogP contribution in [-0.2, 0) is 4.74 Å². The number of rotatable bonds is 3. The van der Waals surface area contributed by atoms with Gasteiger partial charge in [-0.3, -0.25) is 0 Å². The van der Waals surface area contributed by atoms with Crippen LogP contribution in [0.2, 0.25) is 0 Å². The number of carbonyl (C=O) groups is 1. The molecule has 1 aromatic rings. The van der Waals surface area contributed by atoms with Crippen molar-refractivity contribution in [1.29, 1.82) is 0 Å². The second-order valence-electron chi connectivity index (χ2n) is 3.76. The first-order chi connectivity index (χ1) is 8.21. The van der Waals surface area contributed by atoms with E-state index in [1.807, 2.05) is 6.07 Å². The predicted octanol–water partition coefficient (Wildman–Crippen LogP) is 1.69. The van der Waals surface area contributed by atoms with Crippen LogP contribution in [0, 0.1) is 0 Å². The lowest BCUT2D eigenvalue weighted by molar-refractivity contribution is 0.0600. The summed E-state index contributed by atoms with van der Waals surface area (Å²) in [5.74, 6) is 0.313. The number of methoxy groups -OCH3 is 2. The van der Waals surface area contributed by atoms with E-state index >= 15 is 0 Å². The van der Waals surface area contributed by atoms with Crippen LogP contribution in [0.15, 0.2) is 12.1 Å². The molecule has 0 amide bonds. The second-order valence-corrected chi connectivity index (χ2v) is 3.76. The average Bonchev–Trinajstić information content (AvgIpc) is 2.79. The van der Waals surface area contributed by atoms with Gasteiger partial charge in [0.1, 0.15) is 11.4 Å². The Morgan fingerprint density at radius 1 is 1.47 bits per heavy atom. The number of carbonyl (C=O) groups excluding carboxylic acids is 1. The van der Waals surface area contributed by atoms with Crippen molar-refractivity contribution < 1.29 is 14.3 Å². The molecule has 5 nitrogen and oxygen atoms in total. The molecule has 0 saturated heterocycles. The van der Waals surface area contributed by atoms with Gasteiger partial charge in [-0.1, -0.05) is 0 Å². The van der Waals surface area contributed by atoms with Crippen LogP contribution in [-0.4, -0.2) is 33.4 Å². The van der Waals surface area contributed by atoms with Gasteiger partial charge in [0.2, 0.25) is 0 Å². The molecule has 0 unspecified atom stereocenters. The molecule has 1 N–H and O–H groups in total. The zero-order valence-corrected chi connectivity index (χ0v) is 10.2. The molecular formula is C12H16N2O3. The van der Waals surface area contributed by atoms with Crippen molar-refractivity contribution in [2.45, 2.75) is 6.92 Å². The SMILES string of the molecule is CCN1CNc2c(OC)cc(C(=O)OC)cc21. The summed E-state index contributed by atoms with van der Waals surface area (Å²) >= 11 is 0. The molecule has 0 aliphatic carbocycles. The topological polar surface area (TPSA) is 50.8 Å². The maximum absolute atomic E-state index is 11.6. The first kappa shape index (κ1) is 11.6. The van der Waals surface area contributed by atoms with Crippen molar-refractivity contribution in [3.05, 3.63) is 17.7 Å². The molecule has 92 valence electrons. The summed E-state index contributed by atoms with van der Waals surface area (Å²) in [5.41, 5.74) is 2.42. The Labute approximate surface area is 100 Å². The molecule has 0 fully saturated rings. The standard InChI is InChI=1S/C12H16N2O3/c1-4-14-7-13-11-9(14)5-8(12(15)17-3)6-10(11)16-2/h5-6,13H,4,7H2,1-3H3. The van der Waals surface area contributed by atoms with Crippen molar-refractivity contribution in [1.82, 2.24) is 0 Å². The summed E-state index contributed by atoms with van der Waals surface area (Å²) in [6, 6.07) is 3.52. The molecule has 17 heavy (non-hydrogen) atoms. The molecule has 0 saturated carbocycles. The number of hydrogen-bond donors (Lipinski definition) is 1. The molecule has 1 aromatic carbocycles. The smallest absolute Gasteiger partial charge is 0.338 e. The molecule has 1 heterocycles. The van der Waals surface area contributed by atoms with Crippen LogP contribution in [0.4, 0.5) is 11.4 Å². The first-order valence-corrected chi connectivity index (χ1v) is 5.50. The van der Waals surface area contributed by atoms with E-state index in [1.165, 1.54) is 7.11 Å². The molecule has 1 aliphatic rings. The Morgan fingerprint density at radius 2 is 2.24 bits per heavy atom. The van der Waals surface area contributed by atoms with Gasteiger partial charge in [-0.05, 0) is 19.1 Å². The fourth-order valence-corrected chi connectivity index (χ4v) is 1.97. The summed E-state index contributed by atoms with van der Waals surface area (Å²) in [6.45, 7) is 3.66. The fraction of sp³-hybridized carbons (Fsp3) is 0.417. The third kappa shape index (κ3) is 1.88. The first-order valence-electron chi connectivity index (χ1n) is 5.50. The minimum atomic E-state index is -0.353.